The predicted molar refractivity (Wildman–Crippen MR) is 213 cm³/mol. The summed E-state index contributed by atoms with van der Waals surface area (Å²) < 4.78 is 19.8. The minimum Gasteiger partial charge on any atom is -0.493 e. The van der Waals surface area contributed by atoms with Crippen molar-refractivity contribution >= 4 is 23.3 Å². The third-order valence-corrected chi connectivity index (χ3v) is 14.0. The molecular formula is C45H58ClN3O5. The normalized spacial score (nSPS) is 29.6. The zero-order chi connectivity index (χ0) is 37.5. The van der Waals surface area contributed by atoms with Crippen molar-refractivity contribution in [3.05, 3.63) is 76.1 Å². The van der Waals surface area contributed by atoms with Crippen molar-refractivity contribution in [3.63, 3.8) is 0 Å². The average molecular weight is 756 g/mol. The maximum Gasteiger partial charge on any atom is 0.329 e. The van der Waals surface area contributed by atoms with Crippen molar-refractivity contribution in [2.45, 2.75) is 121 Å². The lowest BCUT2D eigenvalue weighted by Crippen LogP contribution is -2.53. The van der Waals surface area contributed by atoms with Gasteiger partial charge >= 0.3 is 5.97 Å². The van der Waals surface area contributed by atoms with E-state index in [0.717, 1.165) is 68.1 Å². The zero-order valence-electron chi connectivity index (χ0n) is 32.4. The molecule has 2 aliphatic heterocycles. The Balaban J connectivity index is 1.04. The van der Waals surface area contributed by atoms with Gasteiger partial charge in [0.05, 0.1) is 19.8 Å². The highest BCUT2D eigenvalue weighted by atomic mass is 35.5. The van der Waals surface area contributed by atoms with Crippen molar-refractivity contribution in [2.75, 3.05) is 38.2 Å². The number of halogens is 1. The largest absolute Gasteiger partial charge is 0.493 e. The van der Waals surface area contributed by atoms with Crippen LogP contribution < -0.4 is 19.5 Å². The van der Waals surface area contributed by atoms with Gasteiger partial charge in [-0.05, 0) is 154 Å². The molecule has 3 unspecified atom stereocenters. The number of hydrogen-bond donors (Lipinski definition) is 2. The fourth-order valence-corrected chi connectivity index (χ4v) is 11.0. The molecule has 9 heteroatoms. The monoisotopic (exact) mass is 755 g/mol. The van der Waals surface area contributed by atoms with Gasteiger partial charge in [-0.1, -0.05) is 38.4 Å². The lowest BCUT2D eigenvalue weighted by atomic mass is 9.59. The van der Waals surface area contributed by atoms with E-state index in [4.69, 9.17) is 30.8 Å². The van der Waals surface area contributed by atoms with Crippen molar-refractivity contribution in [1.29, 1.82) is 0 Å². The van der Waals surface area contributed by atoms with E-state index < -0.39 is 11.5 Å². The van der Waals surface area contributed by atoms with Gasteiger partial charge < -0.3 is 24.6 Å². The Morgan fingerprint density at radius 3 is 2.65 bits per heavy atom. The van der Waals surface area contributed by atoms with Crippen LogP contribution in [0.25, 0.3) is 0 Å². The molecular weight excluding hydrogens is 698 g/mol. The molecule has 0 radical (unpaired) electrons. The quantitative estimate of drug-likeness (QED) is 0.200. The van der Waals surface area contributed by atoms with Crippen LogP contribution in [-0.4, -0.2) is 65.5 Å². The van der Waals surface area contributed by atoms with E-state index in [1.54, 1.807) is 0 Å². The second kappa shape index (κ2) is 15.6. The number of ether oxygens (including phenoxy) is 3. The van der Waals surface area contributed by atoms with Gasteiger partial charge in [-0.15, -0.1) is 0 Å². The van der Waals surface area contributed by atoms with Crippen LogP contribution in [0.2, 0.25) is 5.02 Å². The molecule has 290 valence electrons. The molecule has 1 saturated heterocycles. The number of aliphatic carboxylic acids is 1. The minimum atomic E-state index is -1.07. The van der Waals surface area contributed by atoms with E-state index in [1.165, 1.54) is 54.5 Å². The van der Waals surface area contributed by atoms with Crippen LogP contribution in [0.5, 0.6) is 17.2 Å². The van der Waals surface area contributed by atoms with Gasteiger partial charge in [0, 0.05) is 46.7 Å². The standard InChI is InChI=1S/C45H58ClN3O5/c1-4-36-11-7-19-49(36)25-31-27-53-40-22-32-21-33(20-29(2)26-52-39-13-18-47-38-12-5-8-30(3)42(38)39)44(37(32)24-41(40)54-28-31)14-16-45(17-15-44,43(50)51)48-35-10-6-9-34(46)23-35/h6,9-10,13,18,22-24,29-31,33,36,48H,4-5,7-8,11-12,14-17,19-21,25-28H2,1-3H3,(H,50,51)/t29-,30-,31?,33?,36?,44?,45?/m1/s1. The Morgan fingerprint density at radius 2 is 1.89 bits per heavy atom. The number of likely N-dealkylation sites (tertiary alicyclic amines) is 1. The minimum absolute atomic E-state index is 0.170. The molecule has 54 heavy (non-hydrogen) atoms. The molecule has 0 bridgehead atoms. The van der Waals surface area contributed by atoms with Gasteiger partial charge in [0.15, 0.2) is 11.5 Å². The lowest BCUT2D eigenvalue weighted by Gasteiger charge is -2.47. The summed E-state index contributed by atoms with van der Waals surface area (Å²) in [5, 5.41) is 14.7. The Bertz CT molecular complexity index is 1820. The molecule has 3 aliphatic carbocycles. The summed E-state index contributed by atoms with van der Waals surface area (Å²) in [4.78, 5) is 20.4. The molecule has 0 amide bonds. The molecule has 8 rings (SSSR count). The fourth-order valence-electron chi connectivity index (χ4n) is 10.8. The Morgan fingerprint density at radius 1 is 1.09 bits per heavy atom. The number of carboxylic acid groups (broad SMARTS) is 1. The summed E-state index contributed by atoms with van der Waals surface area (Å²) in [6.45, 7) is 11.0. The molecule has 2 aromatic carbocycles. The average Bonchev–Trinajstić information content (AvgIpc) is 3.66. The second-order valence-corrected chi connectivity index (χ2v) is 17.8. The number of hydrogen-bond acceptors (Lipinski definition) is 7. The Hall–Kier alpha value is -3.49. The molecule has 3 heterocycles. The summed E-state index contributed by atoms with van der Waals surface area (Å²) in [5.41, 5.74) is 4.63. The van der Waals surface area contributed by atoms with E-state index in [2.05, 4.69) is 43.1 Å². The topological polar surface area (TPSA) is 93.2 Å². The highest BCUT2D eigenvalue weighted by Crippen LogP contribution is 2.58. The second-order valence-electron chi connectivity index (χ2n) is 17.3. The number of anilines is 1. The smallest absolute Gasteiger partial charge is 0.329 e. The number of pyridine rings is 1. The number of rotatable bonds is 11. The molecule has 1 spiro atoms. The van der Waals surface area contributed by atoms with Crippen LogP contribution in [0.15, 0.2) is 48.7 Å². The zero-order valence-corrected chi connectivity index (χ0v) is 33.1. The fraction of sp³-hybridized carbons (Fsp3) is 0.600. The number of aromatic nitrogens is 1. The number of benzene rings is 2. The number of carbonyl (C=O) groups is 1. The molecule has 5 aliphatic rings. The van der Waals surface area contributed by atoms with Crippen LogP contribution in [0.4, 0.5) is 5.69 Å². The van der Waals surface area contributed by atoms with Crippen LogP contribution in [0, 0.1) is 17.8 Å². The maximum atomic E-state index is 13.1. The molecule has 5 atom stereocenters. The molecule has 1 saturated carbocycles. The first kappa shape index (κ1) is 37.4. The van der Waals surface area contributed by atoms with Gasteiger partial charge in [-0.25, -0.2) is 4.79 Å². The van der Waals surface area contributed by atoms with Crippen LogP contribution in [0.1, 0.15) is 113 Å². The van der Waals surface area contributed by atoms with Gasteiger partial charge in [-0.2, -0.15) is 0 Å². The highest BCUT2D eigenvalue weighted by molar-refractivity contribution is 6.30. The van der Waals surface area contributed by atoms with Crippen molar-refractivity contribution < 1.29 is 24.1 Å². The van der Waals surface area contributed by atoms with Crippen molar-refractivity contribution in [3.8, 4) is 17.2 Å². The first-order valence-corrected chi connectivity index (χ1v) is 21.1. The van der Waals surface area contributed by atoms with Gasteiger partial charge in [0.25, 0.3) is 0 Å². The van der Waals surface area contributed by atoms with Crippen molar-refractivity contribution in [1.82, 2.24) is 9.88 Å². The Kier molecular flexibility index (Phi) is 10.8. The third kappa shape index (κ3) is 7.30. The molecule has 2 fully saturated rings. The van der Waals surface area contributed by atoms with Gasteiger partial charge in [0.1, 0.15) is 11.3 Å². The van der Waals surface area contributed by atoms with Crippen molar-refractivity contribution in [2.24, 2.45) is 17.8 Å². The first-order chi connectivity index (χ1) is 26.2. The van der Waals surface area contributed by atoms with E-state index in [9.17, 15) is 9.90 Å². The number of fused-ring (bicyclic) bond motifs is 4. The summed E-state index contributed by atoms with van der Waals surface area (Å²) in [6, 6.07) is 14.7. The number of nitrogens with zero attached hydrogens (tertiary/aromatic N) is 2. The number of carboxylic acids is 1. The molecule has 1 aromatic heterocycles. The van der Waals surface area contributed by atoms with E-state index in [0.29, 0.717) is 67.4 Å². The summed E-state index contributed by atoms with van der Waals surface area (Å²) >= 11 is 6.33. The third-order valence-electron chi connectivity index (χ3n) is 13.8. The molecule has 8 nitrogen and oxygen atoms in total. The summed E-state index contributed by atoms with van der Waals surface area (Å²) in [7, 11) is 0. The van der Waals surface area contributed by atoms with Crippen LogP contribution in [0.3, 0.4) is 0 Å². The lowest BCUT2D eigenvalue weighted by molar-refractivity contribution is -0.144. The number of aryl methyl sites for hydroxylation is 1. The number of nitrogens with one attached hydrogen (secondary N) is 1. The SMILES string of the molecule is CCC1CCCN1CC1COc2cc3c(cc2OC1)C1(CCC(Nc2cccc(Cl)c2)(C(=O)O)CC1)C(C[C@@H](C)COc1ccnc2c1[C@H](C)CCC2)C3. The Labute approximate surface area is 326 Å². The predicted octanol–water partition coefficient (Wildman–Crippen LogP) is 9.46. The molecule has 3 aromatic rings. The highest BCUT2D eigenvalue weighted by Gasteiger charge is 2.54. The van der Waals surface area contributed by atoms with Gasteiger partial charge in [-0.3, -0.25) is 9.88 Å². The van der Waals surface area contributed by atoms with E-state index in [-0.39, 0.29) is 5.41 Å². The first-order valence-electron chi connectivity index (χ1n) is 20.7. The maximum absolute atomic E-state index is 13.1. The van der Waals surface area contributed by atoms with Gasteiger partial charge in [0.2, 0.25) is 0 Å². The van der Waals surface area contributed by atoms with Crippen LogP contribution >= 0.6 is 11.6 Å². The van der Waals surface area contributed by atoms with Crippen LogP contribution in [-0.2, 0) is 23.1 Å². The van der Waals surface area contributed by atoms with E-state index >= 15 is 0 Å². The summed E-state index contributed by atoms with van der Waals surface area (Å²) in [5.74, 6) is 3.30. The molecule has 2 N–H and O–H groups in total. The summed E-state index contributed by atoms with van der Waals surface area (Å²) in [6.07, 6.45) is 13.5. The van der Waals surface area contributed by atoms with E-state index in [1.807, 2.05) is 36.5 Å².